The molecule has 4 unspecified atom stereocenters. The van der Waals surface area contributed by atoms with Gasteiger partial charge in [-0.15, -0.1) is 0 Å². The van der Waals surface area contributed by atoms with Crippen molar-refractivity contribution in [1.82, 2.24) is 15.8 Å². The molecule has 0 saturated heterocycles. The molecule has 3 aliphatic carbocycles. The Hall–Kier alpha value is -1.85. The van der Waals surface area contributed by atoms with Crippen LogP contribution in [0.4, 0.5) is 0 Å². The second-order valence-electron chi connectivity index (χ2n) is 8.30. The topological polar surface area (TPSA) is 84.2 Å². The first-order chi connectivity index (χ1) is 12.6. The molecule has 3 aliphatic rings. The summed E-state index contributed by atoms with van der Waals surface area (Å²) in [5, 5.41) is 10.4. The molecule has 0 radical (unpaired) electrons. The van der Waals surface area contributed by atoms with Gasteiger partial charge in [0.2, 0.25) is 5.91 Å². The number of carbonyl (C=O) groups excluding carboxylic acids is 2. The molecule has 0 aromatic carbocycles. The third kappa shape index (κ3) is 3.79. The van der Waals surface area contributed by atoms with E-state index in [0.29, 0.717) is 35.9 Å². The Kier molecular flexibility index (Phi) is 5.00. The minimum atomic E-state index is -0.109. The Morgan fingerprint density at radius 2 is 1.77 bits per heavy atom. The third-order valence-electron chi connectivity index (χ3n) is 6.32. The van der Waals surface area contributed by atoms with E-state index in [1.54, 1.807) is 6.07 Å². The van der Waals surface area contributed by atoms with E-state index in [9.17, 15) is 9.59 Å². The molecule has 1 aromatic rings. The van der Waals surface area contributed by atoms with Gasteiger partial charge in [0.25, 0.3) is 5.91 Å². The number of rotatable bonds is 6. The average molecular weight is 359 g/mol. The van der Waals surface area contributed by atoms with Crippen molar-refractivity contribution in [2.75, 3.05) is 0 Å². The van der Waals surface area contributed by atoms with Gasteiger partial charge in [-0.1, -0.05) is 12.1 Å². The van der Waals surface area contributed by atoms with E-state index in [0.717, 1.165) is 57.1 Å². The molecule has 2 N–H and O–H groups in total. The Morgan fingerprint density at radius 3 is 2.42 bits per heavy atom. The quantitative estimate of drug-likeness (QED) is 0.817. The molecule has 0 aliphatic heterocycles. The molecule has 6 nitrogen and oxygen atoms in total. The molecule has 0 spiro atoms. The minimum absolute atomic E-state index is 0.109. The van der Waals surface area contributed by atoms with E-state index < -0.39 is 0 Å². The summed E-state index contributed by atoms with van der Waals surface area (Å²) in [6, 6.07) is 2.34. The Balaban J connectivity index is 1.30. The zero-order chi connectivity index (χ0) is 18.1. The van der Waals surface area contributed by atoms with Gasteiger partial charge >= 0.3 is 0 Å². The first-order valence-electron chi connectivity index (χ1n) is 10.2. The second-order valence-corrected chi connectivity index (χ2v) is 8.30. The van der Waals surface area contributed by atoms with Gasteiger partial charge in [0.05, 0.1) is 0 Å². The zero-order valence-corrected chi connectivity index (χ0v) is 15.5. The molecule has 3 saturated carbocycles. The zero-order valence-electron chi connectivity index (χ0n) is 15.5. The maximum atomic E-state index is 12.5. The molecule has 6 heteroatoms. The molecule has 26 heavy (non-hydrogen) atoms. The second kappa shape index (κ2) is 7.41. The summed E-state index contributed by atoms with van der Waals surface area (Å²) < 4.78 is 5.30. The fourth-order valence-electron chi connectivity index (χ4n) is 4.70. The van der Waals surface area contributed by atoms with Crippen LogP contribution in [0.15, 0.2) is 10.6 Å². The van der Waals surface area contributed by atoms with Crippen molar-refractivity contribution in [3.63, 3.8) is 0 Å². The summed E-state index contributed by atoms with van der Waals surface area (Å²) in [5.74, 6) is 2.45. The molecule has 2 amide bonds. The highest BCUT2D eigenvalue weighted by Crippen LogP contribution is 2.41. The van der Waals surface area contributed by atoms with Crippen molar-refractivity contribution >= 4 is 11.8 Å². The van der Waals surface area contributed by atoms with Crippen molar-refractivity contribution < 1.29 is 14.1 Å². The molecule has 4 rings (SSSR count). The highest BCUT2D eigenvalue weighted by molar-refractivity contribution is 5.92. The summed E-state index contributed by atoms with van der Waals surface area (Å²) in [6.07, 6.45) is 9.00. The summed E-state index contributed by atoms with van der Waals surface area (Å²) in [5.41, 5.74) is 0.412. The first-order valence-corrected chi connectivity index (χ1v) is 10.2. The van der Waals surface area contributed by atoms with Crippen LogP contribution in [0.25, 0.3) is 0 Å². The van der Waals surface area contributed by atoms with Gasteiger partial charge in [-0.2, -0.15) is 0 Å². The highest BCUT2D eigenvalue weighted by atomic mass is 16.5. The number of nitrogens with zero attached hydrogens (tertiary/aromatic N) is 1. The van der Waals surface area contributed by atoms with E-state index in [-0.39, 0.29) is 17.9 Å². The summed E-state index contributed by atoms with van der Waals surface area (Å²) in [6.45, 7) is 2.03. The number of hydrogen-bond donors (Lipinski definition) is 2. The summed E-state index contributed by atoms with van der Waals surface area (Å²) in [4.78, 5) is 24.4. The van der Waals surface area contributed by atoms with Crippen molar-refractivity contribution in [2.45, 2.75) is 82.7 Å². The average Bonchev–Trinajstić information content (AvgIpc) is 3.36. The Morgan fingerprint density at radius 1 is 1.08 bits per heavy atom. The molecule has 1 aromatic heterocycles. The van der Waals surface area contributed by atoms with Crippen molar-refractivity contribution in [3.8, 4) is 0 Å². The maximum Gasteiger partial charge on any atom is 0.273 e. The van der Waals surface area contributed by atoms with Crippen LogP contribution in [0, 0.1) is 11.8 Å². The van der Waals surface area contributed by atoms with Gasteiger partial charge < -0.3 is 15.2 Å². The molecule has 142 valence electrons. The maximum absolute atomic E-state index is 12.5. The van der Waals surface area contributed by atoms with E-state index in [1.165, 1.54) is 0 Å². The molecule has 3 fully saturated rings. The Labute approximate surface area is 154 Å². The fourth-order valence-corrected chi connectivity index (χ4v) is 4.70. The van der Waals surface area contributed by atoms with E-state index in [1.807, 2.05) is 6.92 Å². The molecular weight excluding hydrogens is 330 g/mol. The van der Waals surface area contributed by atoms with E-state index in [2.05, 4.69) is 15.8 Å². The Bertz CT molecular complexity index is 667. The van der Waals surface area contributed by atoms with Crippen molar-refractivity contribution in [1.29, 1.82) is 0 Å². The number of amides is 2. The van der Waals surface area contributed by atoms with Crippen LogP contribution in [0.1, 0.15) is 86.9 Å². The lowest BCUT2D eigenvalue weighted by Gasteiger charge is -2.44. The van der Waals surface area contributed by atoms with Gasteiger partial charge in [0.1, 0.15) is 5.76 Å². The lowest BCUT2D eigenvalue weighted by atomic mass is 9.67. The van der Waals surface area contributed by atoms with E-state index >= 15 is 0 Å². The molecule has 4 atom stereocenters. The van der Waals surface area contributed by atoms with Crippen LogP contribution in [0.2, 0.25) is 0 Å². The predicted octanol–water partition coefficient (Wildman–Crippen LogP) is 3.15. The first kappa shape index (κ1) is 17.6. The fraction of sp³-hybridized carbons (Fsp3) is 0.750. The van der Waals surface area contributed by atoms with Crippen LogP contribution < -0.4 is 10.6 Å². The lowest BCUT2D eigenvalue weighted by Crippen LogP contribution is -2.52. The standard InChI is InChI=1S/C20H29N3O3/c1-2-3-19(24)21-15-8-6-14-10-13(15)7-9-16(14)22-20(25)17-11-18(26-23-17)12-4-5-12/h11-16H,2-10H2,1H3,(H,21,24)(H,22,25). The molecular formula is C20H29N3O3. The van der Waals surface area contributed by atoms with E-state index in [4.69, 9.17) is 4.52 Å². The monoisotopic (exact) mass is 359 g/mol. The third-order valence-corrected chi connectivity index (χ3v) is 6.32. The van der Waals surface area contributed by atoms with Crippen molar-refractivity contribution in [3.05, 3.63) is 17.5 Å². The number of carbonyl (C=O) groups is 2. The van der Waals surface area contributed by atoms with Crippen LogP contribution >= 0.6 is 0 Å². The number of aromatic nitrogens is 1. The normalized spacial score (nSPS) is 30.7. The molecule has 2 bridgehead atoms. The van der Waals surface area contributed by atoms with Gasteiger partial charge in [-0.3, -0.25) is 9.59 Å². The van der Waals surface area contributed by atoms with Crippen LogP contribution in [-0.2, 0) is 4.79 Å². The number of fused-ring (bicyclic) bond motifs is 2. The van der Waals surface area contributed by atoms with Crippen molar-refractivity contribution in [2.24, 2.45) is 11.8 Å². The number of hydrogen-bond acceptors (Lipinski definition) is 4. The predicted molar refractivity (Wildman–Crippen MR) is 96.6 cm³/mol. The smallest absolute Gasteiger partial charge is 0.273 e. The van der Waals surface area contributed by atoms with Crippen LogP contribution in [-0.4, -0.2) is 29.1 Å². The summed E-state index contributed by atoms with van der Waals surface area (Å²) in [7, 11) is 0. The van der Waals surface area contributed by atoms with Gasteiger partial charge in [0, 0.05) is 30.5 Å². The largest absolute Gasteiger partial charge is 0.360 e. The van der Waals surface area contributed by atoms with Gasteiger partial charge in [0.15, 0.2) is 5.69 Å². The number of nitrogens with one attached hydrogen (secondary N) is 2. The SMILES string of the molecule is CCCC(=O)NC1CCC2CC1CCC2NC(=O)c1cc(C2CC2)on1. The van der Waals surface area contributed by atoms with Crippen LogP contribution in [0.3, 0.4) is 0 Å². The van der Waals surface area contributed by atoms with Crippen LogP contribution in [0.5, 0.6) is 0 Å². The highest BCUT2D eigenvalue weighted by Gasteiger charge is 2.40. The summed E-state index contributed by atoms with van der Waals surface area (Å²) >= 11 is 0. The van der Waals surface area contributed by atoms with Gasteiger partial charge in [-0.25, -0.2) is 0 Å². The molecule has 1 heterocycles. The van der Waals surface area contributed by atoms with Gasteiger partial charge in [-0.05, 0) is 63.2 Å². The lowest BCUT2D eigenvalue weighted by molar-refractivity contribution is -0.122. The minimum Gasteiger partial charge on any atom is -0.360 e.